The van der Waals surface area contributed by atoms with Crippen molar-refractivity contribution >= 4 is 10.1 Å². The monoisotopic (exact) mass is 318 g/mol. The Bertz CT molecular complexity index is 291. The zero-order valence-corrected chi connectivity index (χ0v) is 16.5. The average Bonchev–Trinajstić information content (AvgIpc) is 2.24. The van der Waals surface area contributed by atoms with Gasteiger partial charge in [-0.15, -0.1) is 0 Å². The van der Waals surface area contributed by atoms with Crippen LogP contribution in [0.5, 0.6) is 0 Å². The Balaban J connectivity index is 0. The number of unbranched alkanes of at least 4 members (excludes halogenated alkanes) is 5. The summed E-state index contributed by atoms with van der Waals surface area (Å²) in [7, 11) is -4.10. The van der Waals surface area contributed by atoms with Gasteiger partial charge in [0.1, 0.15) is 0 Å². The smallest absolute Gasteiger partial charge is 0.748 e. The molecule has 0 heterocycles. The second-order valence-corrected chi connectivity index (χ2v) is 6.72. The maximum Gasteiger partial charge on any atom is 1.00 e. The van der Waals surface area contributed by atoms with Gasteiger partial charge in [-0.3, -0.25) is 0 Å². The van der Waals surface area contributed by atoms with Gasteiger partial charge < -0.3 is 9.66 Å². The van der Waals surface area contributed by atoms with Gasteiger partial charge >= 0.3 is 51.4 Å². The summed E-state index contributed by atoms with van der Waals surface area (Å²) in [5.74, 6) is 0. The quantitative estimate of drug-likeness (QED) is 0.326. The molecule has 19 heavy (non-hydrogen) atoms. The molecule has 110 valence electrons. The van der Waals surface area contributed by atoms with Gasteiger partial charge in [0.25, 0.3) is 0 Å². The van der Waals surface area contributed by atoms with Crippen molar-refractivity contribution < 1.29 is 69.5 Å². The topological polar surface area (TPSA) is 77.4 Å². The zero-order valence-electron chi connectivity index (χ0n) is 12.6. The summed E-state index contributed by atoms with van der Waals surface area (Å²) in [4.78, 5) is 0. The third kappa shape index (κ3) is 14.2. The van der Waals surface area contributed by atoms with Gasteiger partial charge in [-0.2, -0.15) is 0 Å². The molecule has 0 rings (SSSR count). The molecule has 0 fully saturated rings. The van der Waals surface area contributed by atoms with Gasteiger partial charge in [0, 0.05) is 5.25 Å². The maximum atomic E-state index is 10.9. The second-order valence-electron chi connectivity index (χ2n) is 5.07. The Morgan fingerprint density at radius 3 is 1.79 bits per heavy atom. The number of hydrogen-bond acceptors (Lipinski definition) is 4. The molecule has 1 N–H and O–H groups in total. The third-order valence-electron chi connectivity index (χ3n) is 3.26. The van der Waals surface area contributed by atoms with Crippen LogP contribution < -0.4 is 51.4 Å². The third-order valence-corrected chi connectivity index (χ3v) is 4.65. The molecule has 6 heteroatoms. The van der Waals surface area contributed by atoms with E-state index in [9.17, 15) is 13.0 Å². The van der Waals surface area contributed by atoms with E-state index in [1.54, 1.807) is 13.8 Å². The summed E-state index contributed by atoms with van der Waals surface area (Å²) in [6.07, 6.45) is 7.71. The maximum absolute atomic E-state index is 10.9. The summed E-state index contributed by atoms with van der Waals surface area (Å²) < 4.78 is 32.6. The van der Waals surface area contributed by atoms with E-state index in [-0.39, 0.29) is 57.5 Å². The van der Waals surface area contributed by atoms with Crippen LogP contribution in [0.15, 0.2) is 0 Å². The van der Waals surface area contributed by atoms with Crippen LogP contribution in [0.1, 0.15) is 71.6 Å². The van der Waals surface area contributed by atoms with Crippen molar-refractivity contribution in [3.8, 4) is 0 Å². The number of rotatable bonds is 11. The van der Waals surface area contributed by atoms with Crippen LogP contribution in [-0.2, 0) is 10.1 Å². The first-order valence-electron chi connectivity index (χ1n) is 7.00. The molecule has 0 aromatic carbocycles. The summed E-state index contributed by atoms with van der Waals surface area (Å²) in [5.41, 5.74) is 0. The van der Waals surface area contributed by atoms with Crippen molar-refractivity contribution in [3.05, 3.63) is 0 Å². The summed E-state index contributed by atoms with van der Waals surface area (Å²) in [6, 6.07) is 0. The molecule has 0 aromatic heterocycles. The van der Waals surface area contributed by atoms with Crippen LogP contribution in [0.25, 0.3) is 0 Å². The van der Waals surface area contributed by atoms with Gasteiger partial charge in [0.2, 0.25) is 0 Å². The minimum Gasteiger partial charge on any atom is -0.748 e. The fourth-order valence-corrected chi connectivity index (χ4v) is 2.94. The van der Waals surface area contributed by atoms with Crippen LogP contribution in [-0.4, -0.2) is 29.4 Å². The van der Waals surface area contributed by atoms with Gasteiger partial charge in [0.15, 0.2) is 0 Å². The van der Waals surface area contributed by atoms with Crippen LogP contribution >= 0.6 is 0 Å². The molecule has 0 saturated heterocycles. The second kappa shape index (κ2) is 13.2. The van der Waals surface area contributed by atoms with Gasteiger partial charge in [-0.1, -0.05) is 45.4 Å². The molecule has 0 aliphatic carbocycles. The number of aliphatic hydroxyl groups is 1. The van der Waals surface area contributed by atoms with Crippen molar-refractivity contribution in [1.29, 1.82) is 0 Å². The molecular formula is C13H27KO4S. The molecule has 0 radical (unpaired) electrons. The van der Waals surface area contributed by atoms with E-state index in [0.29, 0.717) is 12.8 Å². The standard InChI is InChI=1S/C13H28O4S.K/c1-3-13(18(15,16)17)11-9-7-5-4-6-8-10-12(2)14;/h12-14H,3-11H2,1-2H3,(H,15,16,17);/q;+1/p-1. The van der Waals surface area contributed by atoms with Gasteiger partial charge in [-0.25, -0.2) is 8.42 Å². The predicted octanol–water partition coefficient (Wildman–Crippen LogP) is -0.184. The van der Waals surface area contributed by atoms with Gasteiger partial charge in [0.05, 0.1) is 16.2 Å². The Morgan fingerprint density at radius 2 is 1.42 bits per heavy atom. The summed E-state index contributed by atoms with van der Waals surface area (Å²) >= 11 is 0. The average molecular weight is 319 g/mol. The first kappa shape index (κ1) is 22.8. The predicted molar refractivity (Wildman–Crippen MR) is 72.4 cm³/mol. The van der Waals surface area contributed by atoms with Crippen LogP contribution in [0, 0.1) is 0 Å². The Labute approximate surface area is 160 Å². The molecule has 0 spiro atoms. The first-order chi connectivity index (χ1) is 8.38. The minimum atomic E-state index is -4.10. The molecule has 0 aliphatic rings. The van der Waals surface area contributed by atoms with Crippen molar-refractivity contribution in [2.45, 2.75) is 83.0 Å². The number of aliphatic hydroxyl groups excluding tert-OH is 1. The first-order valence-corrected chi connectivity index (χ1v) is 8.47. The zero-order chi connectivity index (χ0) is 14.0. The van der Waals surface area contributed by atoms with Gasteiger partial charge in [-0.05, 0) is 26.2 Å². The fraction of sp³-hybridized carbons (Fsp3) is 1.00. The molecule has 4 nitrogen and oxygen atoms in total. The molecule has 2 unspecified atom stereocenters. The number of hydrogen-bond donors (Lipinski definition) is 1. The van der Waals surface area contributed by atoms with E-state index in [1.165, 1.54) is 0 Å². The van der Waals surface area contributed by atoms with Crippen molar-refractivity contribution in [3.63, 3.8) is 0 Å². The Hall–Kier alpha value is 1.51. The molecule has 2 atom stereocenters. The van der Waals surface area contributed by atoms with Crippen molar-refractivity contribution in [1.82, 2.24) is 0 Å². The fourth-order valence-electron chi connectivity index (χ4n) is 2.07. The Kier molecular flexibility index (Phi) is 15.8. The molecule has 0 aliphatic heterocycles. The van der Waals surface area contributed by atoms with Crippen LogP contribution in [0.2, 0.25) is 0 Å². The molecule has 0 bridgehead atoms. The van der Waals surface area contributed by atoms with Crippen LogP contribution in [0.3, 0.4) is 0 Å². The van der Waals surface area contributed by atoms with E-state index in [2.05, 4.69) is 0 Å². The molecule has 0 saturated carbocycles. The summed E-state index contributed by atoms with van der Waals surface area (Å²) in [5, 5.41) is 8.37. The largest absolute Gasteiger partial charge is 1.00 e. The normalized spacial score (nSPS) is 14.7. The van der Waals surface area contributed by atoms with E-state index >= 15 is 0 Å². The van der Waals surface area contributed by atoms with E-state index in [1.807, 2.05) is 0 Å². The Morgan fingerprint density at radius 1 is 1.00 bits per heavy atom. The van der Waals surface area contributed by atoms with E-state index < -0.39 is 15.4 Å². The SMILES string of the molecule is CCC(CCCCCCCCC(C)O)S(=O)(=O)[O-].[K+]. The van der Waals surface area contributed by atoms with Crippen LogP contribution in [0.4, 0.5) is 0 Å². The van der Waals surface area contributed by atoms with E-state index in [4.69, 9.17) is 5.11 Å². The minimum absolute atomic E-state index is 0. The van der Waals surface area contributed by atoms with E-state index in [0.717, 1.165) is 44.9 Å². The van der Waals surface area contributed by atoms with Crippen molar-refractivity contribution in [2.75, 3.05) is 0 Å². The molecule has 0 amide bonds. The van der Waals surface area contributed by atoms with Crippen molar-refractivity contribution in [2.24, 2.45) is 0 Å². The summed E-state index contributed by atoms with van der Waals surface area (Å²) in [6.45, 7) is 3.55. The molecular weight excluding hydrogens is 291 g/mol. The molecule has 0 aromatic rings.